The van der Waals surface area contributed by atoms with Gasteiger partial charge in [-0.15, -0.1) is 5.10 Å². The largest absolute Gasteiger partial charge is 0.344 e. The fourth-order valence-electron chi connectivity index (χ4n) is 3.14. The molecule has 0 amide bonds. The van der Waals surface area contributed by atoms with E-state index in [0.717, 1.165) is 27.9 Å². The molecular weight excluding hydrogens is 294 g/mol. The lowest BCUT2D eigenvalue weighted by Gasteiger charge is -2.34. The first kappa shape index (κ1) is 13.7. The molecule has 0 N–H and O–H groups in total. The Kier molecular flexibility index (Phi) is 3.54. The number of hydrogen-bond acceptors (Lipinski definition) is 5. The van der Waals surface area contributed by atoms with E-state index in [1.165, 1.54) is 25.7 Å². The molecule has 4 rings (SSSR count). The fraction of sp³-hybridized carbons (Fsp3) is 0.438. The summed E-state index contributed by atoms with van der Waals surface area (Å²) in [5.41, 5.74) is 1.97. The minimum Gasteiger partial charge on any atom is -0.344 e. The maximum Gasteiger partial charge on any atom is 0.214 e. The van der Waals surface area contributed by atoms with E-state index >= 15 is 0 Å². The molecule has 1 aliphatic heterocycles. The highest BCUT2D eigenvalue weighted by Crippen LogP contribution is 2.31. The Balaban J connectivity index is 1.66. The minimum absolute atomic E-state index is 0.627. The third kappa shape index (κ3) is 2.37. The van der Waals surface area contributed by atoms with Crippen molar-refractivity contribution in [3.63, 3.8) is 0 Å². The van der Waals surface area contributed by atoms with Crippen molar-refractivity contribution in [2.45, 2.75) is 38.6 Å². The number of piperidine rings is 1. The number of pyridine rings is 1. The predicted molar refractivity (Wildman–Crippen MR) is 89.4 cm³/mol. The summed E-state index contributed by atoms with van der Waals surface area (Å²) in [5.74, 6) is 0. The highest BCUT2D eigenvalue weighted by molar-refractivity contribution is 7.20. The first-order valence-corrected chi connectivity index (χ1v) is 8.70. The van der Waals surface area contributed by atoms with Crippen LogP contribution in [0.3, 0.4) is 0 Å². The molecule has 1 unspecified atom stereocenters. The molecule has 0 saturated carbocycles. The molecular formula is C16H19N5S. The molecule has 1 aliphatic rings. The third-order valence-corrected chi connectivity index (χ3v) is 5.29. The molecule has 3 aromatic rings. The lowest BCUT2D eigenvalue weighted by Crippen LogP contribution is -2.39. The number of anilines is 1. The Hall–Kier alpha value is -1.95. The standard InChI is InChI=1S/C16H19N5S/c1-2-13-7-3-4-9-20(13)16-19-21-11-14(18-15(21)22-16)12-6-5-8-17-10-12/h5-6,8,10-11,13H,2-4,7,9H2,1H3. The van der Waals surface area contributed by atoms with E-state index in [9.17, 15) is 0 Å². The summed E-state index contributed by atoms with van der Waals surface area (Å²) >= 11 is 1.68. The highest BCUT2D eigenvalue weighted by atomic mass is 32.1. The van der Waals surface area contributed by atoms with Crippen molar-refractivity contribution in [2.24, 2.45) is 0 Å². The lowest BCUT2D eigenvalue weighted by molar-refractivity contribution is 0.448. The fourth-order valence-corrected chi connectivity index (χ4v) is 4.12. The molecule has 0 bridgehead atoms. The molecule has 1 atom stereocenters. The quantitative estimate of drug-likeness (QED) is 0.741. The van der Waals surface area contributed by atoms with Crippen LogP contribution in [0.5, 0.6) is 0 Å². The van der Waals surface area contributed by atoms with E-state index in [1.807, 2.05) is 29.0 Å². The topological polar surface area (TPSA) is 46.3 Å². The van der Waals surface area contributed by atoms with Gasteiger partial charge in [0, 0.05) is 30.5 Å². The Morgan fingerprint density at radius 1 is 1.36 bits per heavy atom. The molecule has 0 spiro atoms. The number of rotatable bonds is 3. The number of nitrogens with zero attached hydrogens (tertiary/aromatic N) is 5. The first-order valence-electron chi connectivity index (χ1n) is 7.88. The summed E-state index contributed by atoms with van der Waals surface area (Å²) in [6.45, 7) is 3.38. The number of fused-ring (bicyclic) bond motifs is 1. The molecule has 0 aromatic carbocycles. The zero-order valence-electron chi connectivity index (χ0n) is 12.6. The van der Waals surface area contributed by atoms with Gasteiger partial charge in [0.25, 0.3) is 0 Å². The van der Waals surface area contributed by atoms with Crippen LogP contribution in [0.1, 0.15) is 32.6 Å². The molecule has 114 valence electrons. The van der Waals surface area contributed by atoms with E-state index < -0.39 is 0 Å². The SMILES string of the molecule is CCC1CCCCN1c1nn2cc(-c3cccnc3)nc2s1. The second-order valence-electron chi connectivity index (χ2n) is 5.73. The second-order valence-corrected chi connectivity index (χ2v) is 6.67. The predicted octanol–water partition coefficient (Wildman–Crippen LogP) is 3.62. The van der Waals surface area contributed by atoms with Gasteiger partial charge < -0.3 is 4.90 Å². The summed E-state index contributed by atoms with van der Waals surface area (Å²) in [7, 11) is 0. The zero-order valence-corrected chi connectivity index (χ0v) is 13.5. The second kappa shape index (κ2) is 5.68. The van der Waals surface area contributed by atoms with E-state index in [-0.39, 0.29) is 0 Å². The van der Waals surface area contributed by atoms with Crippen LogP contribution in [0.2, 0.25) is 0 Å². The van der Waals surface area contributed by atoms with Crippen LogP contribution < -0.4 is 4.90 Å². The van der Waals surface area contributed by atoms with E-state index in [0.29, 0.717) is 6.04 Å². The van der Waals surface area contributed by atoms with Crippen molar-refractivity contribution in [1.82, 2.24) is 19.6 Å². The van der Waals surface area contributed by atoms with Crippen LogP contribution in [-0.2, 0) is 0 Å². The summed E-state index contributed by atoms with van der Waals surface area (Å²) in [6.07, 6.45) is 10.7. The van der Waals surface area contributed by atoms with Crippen molar-refractivity contribution < 1.29 is 0 Å². The van der Waals surface area contributed by atoms with Gasteiger partial charge in [0.2, 0.25) is 10.1 Å². The van der Waals surface area contributed by atoms with Crippen LogP contribution >= 0.6 is 11.3 Å². The Bertz CT molecular complexity index is 732. The maximum atomic E-state index is 4.76. The summed E-state index contributed by atoms with van der Waals surface area (Å²) in [5, 5.41) is 5.86. The van der Waals surface area contributed by atoms with Gasteiger partial charge in [-0.25, -0.2) is 9.50 Å². The van der Waals surface area contributed by atoms with E-state index in [1.54, 1.807) is 17.5 Å². The third-order valence-electron chi connectivity index (χ3n) is 4.33. The van der Waals surface area contributed by atoms with Crippen molar-refractivity contribution in [3.05, 3.63) is 30.7 Å². The Morgan fingerprint density at radius 2 is 2.32 bits per heavy atom. The van der Waals surface area contributed by atoms with Crippen LogP contribution in [0.4, 0.5) is 5.13 Å². The number of imidazole rings is 1. The van der Waals surface area contributed by atoms with Crippen molar-refractivity contribution in [2.75, 3.05) is 11.4 Å². The van der Waals surface area contributed by atoms with Gasteiger partial charge in [-0.3, -0.25) is 4.98 Å². The van der Waals surface area contributed by atoms with Gasteiger partial charge in [-0.1, -0.05) is 18.3 Å². The van der Waals surface area contributed by atoms with Crippen molar-refractivity contribution in [1.29, 1.82) is 0 Å². The van der Waals surface area contributed by atoms with Gasteiger partial charge in [0.1, 0.15) is 0 Å². The van der Waals surface area contributed by atoms with Crippen molar-refractivity contribution >= 4 is 21.4 Å². The average Bonchev–Trinajstić information content (AvgIpc) is 3.14. The molecule has 22 heavy (non-hydrogen) atoms. The molecule has 5 nitrogen and oxygen atoms in total. The number of hydrogen-bond donors (Lipinski definition) is 0. The summed E-state index contributed by atoms with van der Waals surface area (Å²) < 4.78 is 1.91. The van der Waals surface area contributed by atoms with Gasteiger partial charge in [-0.05, 0) is 37.8 Å². The van der Waals surface area contributed by atoms with Gasteiger partial charge in [0.15, 0.2) is 0 Å². The zero-order chi connectivity index (χ0) is 14.9. The van der Waals surface area contributed by atoms with Gasteiger partial charge in [0.05, 0.1) is 11.9 Å². The summed E-state index contributed by atoms with van der Waals surface area (Å²) in [6, 6.07) is 4.58. The van der Waals surface area contributed by atoms with Crippen LogP contribution in [0.15, 0.2) is 30.7 Å². The maximum absolute atomic E-state index is 4.76. The normalized spacial score (nSPS) is 19.0. The molecule has 1 fully saturated rings. The average molecular weight is 313 g/mol. The number of aromatic nitrogens is 4. The van der Waals surface area contributed by atoms with E-state index in [2.05, 4.69) is 16.8 Å². The minimum atomic E-state index is 0.627. The van der Waals surface area contributed by atoms with Crippen LogP contribution in [0.25, 0.3) is 16.2 Å². The smallest absolute Gasteiger partial charge is 0.214 e. The molecule has 1 saturated heterocycles. The summed E-state index contributed by atoms with van der Waals surface area (Å²) in [4.78, 5) is 12.3. The van der Waals surface area contributed by atoms with Crippen LogP contribution in [-0.4, -0.2) is 32.2 Å². The van der Waals surface area contributed by atoms with E-state index in [4.69, 9.17) is 10.1 Å². The lowest BCUT2D eigenvalue weighted by atomic mass is 10.0. The molecule has 4 heterocycles. The first-order chi connectivity index (χ1) is 10.8. The monoisotopic (exact) mass is 313 g/mol. The Labute approximate surface area is 133 Å². The molecule has 0 aliphatic carbocycles. The van der Waals surface area contributed by atoms with Gasteiger partial charge >= 0.3 is 0 Å². The molecule has 0 radical (unpaired) electrons. The highest BCUT2D eigenvalue weighted by Gasteiger charge is 2.24. The Morgan fingerprint density at radius 3 is 3.09 bits per heavy atom. The van der Waals surface area contributed by atoms with Crippen LogP contribution in [0, 0.1) is 0 Å². The van der Waals surface area contributed by atoms with Gasteiger partial charge in [-0.2, -0.15) is 0 Å². The van der Waals surface area contributed by atoms with Crippen molar-refractivity contribution in [3.8, 4) is 11.3 Å². The molecule has 6 heteroatoms. The molecule has 3 aromatic heterocycles.